The first-order valence-corrected chi connectivity index (χ1v) is 11.5. The van der Waals surface area contributed by atoms with Gasteiger partial charge in [0.2, 0.25) is 21.1 Å². The lowest BCUT2D eigenvalue weighted by atomic mass is 10.2. The molecule has 2 aromatic carbocycles. The summed E-state index contributed by atoms with van der Waals surface area (Å²) in [6.07, 6.45) is 0.542. The standard InChI is InChI=1S/C19H18N6O3S2/c1-2-15(18(26)21-11-7-9-12(10-8-11)30(20,27)28)29-19-23-17-16(24-25-19)13-5-3-4-6-14(13)22-17/h3-10,15H,2H2,1H3,(H,21,26)(H2,20,27,28)(H,22,23,25). The van der Waals surface area contributed by atoms with E-state index in [1.54, 1.807) is 0 Å². The Labute approximate surface area is 176 Å². The van der Waals surface area contributed by atoms with E-state index < -0.39 is 15.3 Å². The lowest BCUT2D eigenvalue weighted by Crippen LogP contribution is -2.25. The monoisotopic (exact) mass is 442 g/mol. The Balaban J connectivity index is 1.51. The first-order valence-electron chi connectivity index (χ1n) is 9.06. The molecule has 2 heterocycles. The smallest absolute Gasteiger partial charge is 0.238 e. The number of carbonyl (C=O) groups is 1. The quantitative estimate of drug-likeness (QED) is 0.389. The molecule has 0 bridgehead atoms. The Morgan fingerprint density at radius 2 is 1.90 bits per heavy atom. The molecule has 0 spiro atoms. The number of thioether (sulfide) groups is 1. The summed E-state index contributed by atoms with van der Waals surface area (Å²) < 4.78 is 22.7. The van der Waals surface area contributed by atoms with Crippen molar-refractivity contribution in [3.8, 4) is 0 Å². The maximum atomic E-state index is 12.7. The molecule has 1 unspecified atom stereocenters. The van der Waals surface area contributed by atoms with E-state index in [1.807, 2.05) is 31.2 Å². The highest BCUT2D eigenvalue weighted by Gasteiger charge is 2.21. The number of fused-ring (bicyclic) bond motifs is 3. The van der Waals surface area contributed by atoms with E-state index in [0.717, 1.165) is 10.9 Å². The maximum Gasteiger partial charge on any atom is 0.238 e. The van der Waals surface area contributed by atoms with Gasteiger partial charge in [0.25, 0.3) is 0 Å². The molecule has 11 heteroatoms. The Kier molecular flexibility index (Phi) is 5.41. The van der Waals surface area contributed by atoms with Crippen LogP contribution in [-0.4, -0.2) is 39.7 Å². The predicted molar refractivity (Wildman–Crippen MR) is 116 cm³/mol. The zero-order chi connectivity index (χ0) is 21.3. The summed E-state index contributed by atoms with van der Waals surface area (Å²) in [5.41, 5.74) is 2.69. The van der Waals surface area contributed by atoms with Gasteiger partial charge in [0.1, 0.15) is 5.52 Å². The molecule has 4 aromatic rings. The van der Waals surface area contributed by atoms with Gasteiger partial charge in [0, 0.05) is 16.6 Å². The van der Waals surface area contributed by atoms with E-state index in [0.29, 0.717) is 28.4 Å². The second-order valence-electron chi connectivity index (χ2n) is 6.54. The highest BCUT2D eigenvalue weighted by atomic mass is 32.2. The maximum absolute atomic E-state index is 12.7. The molecule has 0 saturated heterocycles. The molecule has 0 aliphatic carbocycles. The van der Waals surface area contributed by atoms with E-state index in [2.05, 4.69) is 25.5 Å². The normalized spacial score (nSPS) is 12.9. The van der Waals surface area contributed by atoms with Gasteiger partial charge in [-0.1, -0.05) is 36.9 Å². The summed E-state index contributed by atoms with van der Waals surface area (Å²) in [5.74, 6) is -0.244. The number of amides is 1. The van der Waals surface area contributed by atoms with Crippen LogP contribution in [0.3, 0.4) is 0 Å². The number of aromatic amines is 1. The van der Waals surface area contributed by atoms with Gasteiger partial charge in [0.05, 0.1) is 10.1 Å². The fraction of sp³-hybridized carbons (Fsp3) is 0.158. The number of carbonyl (C=O) groups excluding carboxylic acids is 1. The van der Waals surface area contributed by atoms with Crippen LogP contribution in [0.5, 0.6) is 0 Å². The average molecular weight is 443 g/mol. The van der Waals surface area contributed by atoms with Crippen molar-refractivity contribution < 1.29 is 13.2 Å². The van der Waals surface area contributed by atoms with Crippen LogP contribution in [0.2, 0.25) is 0 Å². The molecule has 2 aromatic heterocycles. The summed E-state index contributed by atoms with van der Waals surface area (Å²) >= 11 is 1.22. The molecule has 0 aliphatic rings. The minimum atomic E-state index is -3.78. The van der Waals surface area contributed by atoms with Crippen molar-refractivity contribution in [1.29, 1.82) is 0 Å². The zero-order valence-electron chi connectivity index (χ0n) is 15.9. The predicted octanol–water partition coefficient (Wildman–Crippen LogP) is 2.66. The average Bonchev–Trinajstić information content (AvgIpc) is 3.09. The van der Waals surface area contributed by atoms with E-state index in [1.165, 1.54) is 36.0 Å². The van der Waals surface area contributed by atoms with Gasteiger partial charge >= 0.3 is 0 Å². The van der Waals surface area contributed by atoms with E-state index >= 15 is 0 Å². The molecule has 0 aliphatic heterocycles. The van der Waals surface area contributed by atoms with Crippen LogP contribution in [0.1, 0.15) is 13.3 Å². The second kappa shape index (κ2) is 8.01. The van der Waals surface area contributed by atoms with Gasteiger partial charge in [0.15, 0.2) is 5.65 Å². The summed E-state index contributed by atoms with van der Waals surface area (Å²) in [4.78, 5) is 20.4. The minimum Gasteiger partial charge on any atom is -0.338 e. The first kappa shape index (κ1) is 20.3. The molecule has 1 amide bonds. The highest BCUT2D eigenvalue weighted by Crippen LogP contribution is 2.27. The molecule has 4 rings (SSSR count). The number of aromatic nitrogens is 4. The molecule has 0 fully saturated rings. The first-order chi connectivity index (χ1) is 14.3. The van der Waals surface area contributed by atoms with Crippen molar-refractivity contribution in [3.05, 3.63) is 48.5 Å². The fourth-order valence-corrected chi connectivity index (χ4v) is 4.29. The molecule has 1 atom stereocenters. The van der Waals surface area contributed by atoms with E-state index in [4.69, 9.17) is 5.14 Å². The SMILES string of the molecule is CCC(Sc1nnc2c(n1)[nH]c1ccccc12)C(=O)Nc1ccc(S(N)(=O)=O)cc1. The summed E-state index contributed by atoms with van der Waals surface area (Å²) in [6, 6.07) is 13.4. The number of para-hydroxylation sites is 1. The van der Waals surface area contributed by atoms with Crippen LogP contribution in [0.25, 0.3) is 22.1 Å². The molecule has 30 heavy (non-hydrogen) atoms. The number of benzene rings is 2. The number of rotatable bonds is 6. The van der Waals surface area contributed by atoms with Gasteiger partial charge in [-0.05, 0) is 36.8 Å². The number of hydrogen-bond donors (Lipinski definition) is 3. The molecule has 154 valence electrons. The van der Waals surface area contributed by atoms with Crippen molar-refractivity contribution in [2.45, 2.75) is 28.6 Å². The molecule has 0 saturated carbocycles. The molecule has 4 N–H and O–H groups in total. The van der Waals surface area contributed by atoms with E-state index in [9.17, 15) is 13.2 Å². The number of primary sulfonamides is 1. The lowest BCUT2D eigenvalue weighted by Gasteiger charge is -2.13. The Bertz CT molecular complexity index is 1340. The third kappa shape index (κ3) is 4.13. The zero-order valence-corrected chi connectivity index (χ0v) is 17.5. The van der Waals surface area contributed by atoms with Crippen LogP contribution in [-0.2, 0) is 14.8 Å². The lowest BCUT2D eigenvalue weighted by molar-refractivity contribution is -0.115. The number of hydrogen-bond acceptors (Lipinski definition) is 7. The fourth-order valence-electron chi connectivity index (χ4n) is 2.96. The van der Waals surface area contributed by atoms with Gasteiger partial charge in [-0.3, -0.25) is 4.79 Å². The summed E-state index contributed by atoms with van der Waals surface area (Å²) in [7, 11) is -3.78. The topological polar surface area (TPSA) is 144 Å². The van der Waals surface area contributed by atoms with Crippen molar-refractivity contribution >= 4 is 55.4 Å². The van der Waals surface area contributed by atoms with Crippen LogP contribution < -0.4 is 10.5 Å². The Hall–Kier alpha value is -3.02. The van der Waals surface area contributed by atoms with Gasteiger partial charge in [-0.15, -0.1) is 10.2 Å². The minimum absolute atomic E-state index is 0.0203. The van der Waals surface area contributed by atoms with Gasteiger partial charge in [-0.25, -0.2) is 18.5 Å². The summed E-state index contributed by atoms with van der Waals surface area (Å²) in [5, 5.41) is 17.2. The number of sulfonamides is 1. The molecular formula is C19H18N6O3S2. The van der Waals surface area contributed by atoms with Crippen LogP contribution >= 0.6 is 11.8 Å². The number of nitrogens with two attached hydrogens (primary N) is 1. The van der Waals surface area contributed by atoms with Crippen molar-refractivity contribution in [2.24, 2.45) is 5.14 Å². The number of H-pyrrole nitrogens is 1. The number of nitrogens with one attached hydrogen (secondary N) is 2. The third-order valence-electron chi connectivity index (χ3n) is 4.46. The van der Waals surface area contributed by atoms with E-state index in [-0.39, 0.29) is 10.8 Å². The van der Waals surface area contributed by atoms with Crippen LogP contribution in [0.15, 0.2) is 58.6 Å². The molecule has 0 radical (unpaired) electrons. The van der Waals surface area contributed by atoms with Crippen molar-refractivity contribution in [3.63, 3.8) is 0 Å². The van der Waals surface area contributed by atoms with Gasteiger partial charge < -0.3 is 10.3 Å². The Morgan fingerprint density at radius 3 is 2.60 bits per heavy atom. The second-order valence-corrected chi connectivity index (χ2v) is 9.27. The third-order valence-corrected chi connectivity index (χ3v) is 6.61. The van der Waals surface area contributed by atoms with Crippen molar-refractivity contribution in [1.82, 2.24) is 20.2 Å². The highest BCUT2D eigenvalue weighted by molar-refractivity contribution is 8.00. The molecular weight excluding hydrogens is 424 g/mol. The summed E-state index contributed by atoms with van der Waals surface area (Å²) in [6.45, 7) is 1.89. The van der Waals surface area contributed by atoms with Gasteiger partial charge in [-0.2, -0.15) is 0 Å². The largest absolute Gasteiger partial charge is 0.338 e. The van der Waals surface area contributed by atoms with Crippen LogP contribution in [0, 0.1) is 0 Å². The number of nitrogens with zero attached hydrogens (tertiary/aromatic N) is 3. The van der Waals surface area contributed by atoms with Crippen molar-refractivity contribution in [2.75, 3.05) is 5.32 Å². The Morgan fingerprint density at radius 1 is 1.17 bits per heavy atom. The van der Waals surface area contributed by atoms with Crippen LogP contribution in [0.4, 0.5) is 5.69 Å². The number of anilines is 1. The molecule has 9 nitrogen and oxygen atoms in total.